The number of nitrogens with zero attached hydrogens (tertiary/aromatic N) is 2. The van der Waals surface area contributed by atoms with Crippen LogP contribution >= 0.6 is 0 Å². The standard InChI is InChI=1S/C20H25N3O2/c1-16(25-19-5-3-2-4-6-19)20(24)22-15-17-9-13-23(14-10-17)18-7-11-21-12-8-18/h2-8,11-12,16-17H,9-10,13-15H2,1H3,(H,22,24)/t16-/m0/s1. The second-order valence-electron chi connectivity index (χ2n) is 6.45. The Morgan fingerprint density at radius 1 is 1.20 bits per heavy atom. The van der Waals surface area contributed by atoms with Crippen LogP contribution in [0.15, 0.2) is 54.9 Å². The van der Waals surface area contributed by atoms with E-state index in [0.29, 0.717) is 12.5 Å². The largest absolute Gasteiger partial charge is 0.481 e. The number of ether oxygens (including phenoxy) is 1. The molecule has 1 saturated heterocycles. The summed E-state index contributed by atoms with van der Waals surface area (Å²) in [5, 5.41) is 3.03. The highest BCUT2D eigenvalue weighted by atomic mass is 16.5. The van der Waals surface area contributed by atoms with Gasteiger partial charge in [-0.2, -0.15) is 0 Å². The van der Waals surface area contributed by atoms with Crippen molar-refractivity contribution in [2.75, 3.05) is 24.5 Å². The van der Waals surface area contributed by atoms with Gasteiger partial charge in [-0.05, 0) is 49.9 Å². The molecule has 1 N–H and O–H groups in total. The van der Waals surface area contributed by atoms with Crippen molar-refractivity contribution in [1.82, 2.24) is 10.3 Å². The van der Waals surface area contributed by atoms with E-state index in [0.717, 1.165) is 31.7 Å². The van der Waals surface area contributed by atoms with Crippen LogP contribution in [0.1, 0.15) is 19.8 Å². The molecule has 132 valence electrons. The van der Waals surface area contributed by atoms with Crippen molar-refractivity contribution < 1.29 is 9.53 Å². The summed E-state index contributed by atoms with van der Waals surface area (Å²) in [7, 11) is 0. The van der Waals surface area contributed by atoms with E-state index in [4.69, 9.17) is 4.74 Å². The molecule has 2 aromatic rings. The molecule has 0 saturated carbocycles. The molecule has 0 radical (unpaired) electrons. The van der Waals surface area contributed by atoms with Crippen molar-refractivity contribution in [3.8, 4) is 5.75 Å². The number of aromatic nitrogens is 1. The van der Waals surface area contributed by atoms with Gasteiger partial charge in [-0.15, -0.1) is 0 Å². The lowest BCUT2D eigenvalue weighted by Crippen LogP contribution is -2.42. The molecule has 3 rings (SSSR count). The number of piperidine rings is 1. The third kappa shape index (κ3) is 4.95. The summed E-state index contributed by atoms with van der Waals surface area (Å²) < 4.78 is 5.66. The second-order valence-corrected chi connectivity index (χ2v) is 6.45. The first-order valence-electron chi connectivity index (χ1n) is 8.87. The first-order chi connectivity index (χ1) is 12.2. The van der Waals surface area contributed by atoms with Crippen LogP contribution in [-0.2, 0) is 4.79 Å². The summed E-state index contributed by atoms with van der Waals surface area (Å²) in [5.74, 6) is 1.18. The molecular formula is C20H25N3O2. The monoisotopic (exact) mass is 339 g/mol. The Kier molecular flexibility index (Phi) is 5.88. The van der Waals surface area contributed by atoms with Crippen LogP contribution in [0.5, 0.6) is 5.75 Å². The number of anilines is 1. The van der Waals surface area contributed by atoms with E-state index in [2.05, 4.69) is 15.2 Å². The number of pyridine rings is 1. The molecular weight excluding hydrogens is 314 g/mol. The quantitative estimate of drug-likeness (QED) is 0.879. The Hall–Kier alpha value is -2.56. The Balaban J connectivity index is 1.40. The highest BCUT2D eigenvalue weighted by Crippen LogP contribution is 2.22. The van der Waals surface area contributed by atoms with E-state index in [-0.39, 0.29) is 5.91 Å². The highest BCUT2D eigenvalue weighted by molar-refractivity contribution is 5.80. The number of rotatable bonds is 6. The van der Waals surface area contributed by atoms with Crippen LogP contribution in [0.4, 0.5) is 5.69 Å². The first kappa shape index (κ1) is 17.3. The minimum absolute atomic E-state index is 0.0552. The van der Waals surface area contributed by atoms with Crippen molar-refractivity contribution in [3.63, 3.8) is 0 Å². The van der Waals surface area contributed by atoms with E-state index >= 15 is 0 Å². The zero-order chi connectivity index (χ0) is 17.5. The highest BCUT2D eigenvalue weighted by Gasteiger charge is 2.21. The summed E-state index contributed by atoms with van der Waals surface area (Å²) in [5.41, 5.74) is 1.22. The maximum atomic E-state index is 12.2. The molecule has 5 nitrogen and oxygen atoms in total. The van der Waals surface area contributed by atoms with Gasteiger partial charge in [-0.1, -0.05) is 18.2 Å². The predicted octanol–water partition coefficient (Wildman–Crippen LogP) is 2.88. The molecule has 1 aliphatic rings. The Morgan fingerprint density at radius 2 is 1.88 bits per heavy atom. The summed E-state index contributed by atoms with van der Waals surface area (Å²) in [4.78, 5) is 18.7. The van der Waals surface area contributed by atoms with E-state index in [1.807, 2.05) is 54.9 Å². The minimum Gasteiger partial charge on any atom is -0.481 e. The molecule has 1 amide bonds. The number of hydrogen-bond acceptors (Lipinski definition) is 4. The zero-order valence-corrected chi connectivity index (χ0v) is 14.6. The molecule has 0 spiro atoms. The van der Waals surface area contributed by atoms with Gasteiger partial charge in [-0.3, -0.25) is 9.78 Å². The Morgan fingerprint density at radius 3 is 2.56 bits per heavy atom. The molecule has 1 aliphatic heterocycles. The van der Waals surface area contributed by atoms with Gasteiger partial charge >= 0.3 is 0 Å². The van der Waals surface area contributed by atoms with Crippen LogP contribution in [0.2, 0.25) is 0 Å². The maximum absolute atomic E-state index is 12.2. The summed E-state index contributed by atoms with van der Waals surface area (Å²) in [6.07, 6.45) is 5.33. The van der Waals surface area contributed by atoms with Gasteiger partial charge in [0.2, 0.25) is 0 Å². The normalized spacial score (nSPS) is 16.3. The van der Waals surface area contributed by atoms with Crippen LogP contribution in [0.25, 0.3) is 0 Å². The molecule has 5 heteroatoms. The van der Waals surface area contributed by atoms with Gasteiger partial charge in [0.15, 0.2) is 6.10 Å². The average Bonchev–Trinajstić information content (AvgIpc) is 2.68. The third-order valence-electron chi connectivity index (χ3n) is 4.63. The molecule has 0 unspecified atom stereocenters. The van der Waals surface area contributed by atoms with E-state index in [1.54, 1.807) is 6.92 Å². The fourth-order valence-electron chi connectivity index (χ4n) is 3.10. The van der Waals surface area contributed by atoms with Crippen LogP contribution in [0.3, 0.4) is 0 Å². The maximum Gasteiger partial charge on any atom is 0.260 e. The SMILES string of the molecule is C[C@H](Oc1ccccc1)C(=O)NCC1CCN(c2ccncc2)CC1. The Bertz CT molecular complexity index is 655. The van der Waals surface area contributed by atoms with Gasteiger partial charge in [0.25, 0.3) is 5.91 Å². The topological polar surface area (TPSA) is 54.5 Å². The van der Waals surface area contributed by atoms with Crippen molar-refractivity contribution in [2.45, 2.75) is 25.9 Å². The number of benzene rings is 1. The number of nitrogens with one attached hydrogen (secondary N) is 1. The zero-order valence-electron chi connectivity index (χ0n) is 14.6. The van der Waals surface area contributed by atoms with E-state index < -0.39 is 6.10 Å². The predicted molar refractivity (Wildman–Crippen MR) is 98.7 cm³/mol. The lowest BCUT2D eigenvalue weighted by Gasteiger charge is -2.33. The van der Waals surface area contributed by atoms with Gasteiger partial charge in [-0.25, -0.2) is 0 Å². The number of hydrogen-bond donors (Lipinski definition) is 1. The third-order valence-corrected chi connectivity index (χ3v) is 4.63. The molecule has 0 bridgehead atoms. The first-order valence-corrected chi connectivity index (χ1v) is 8.87. The number of carbonyl (C=O) groups excluding carboxylic acids is 1. The fraction of sp³-hybridized carbons (Fsp3) is 0.400. The van der Waals surface area contributed by atoms with E-state index in [1.165, 1.54) is 5.69 Å². The lowest BCUT2D eigenvalue weighted by atomic mass is 9.96. The summed E-state index contributed by atoms with van der Waals surface area (Å²) in [6, 6.07) is 13.5. The number of amides is 1. The van der Waals surface area contributed by atoms with Gasteiger partial charge in [0.05, 0.1) is 0 Å². The van der Waals surface area contributed by atoms with Gasteiger partial charge in [0.1, 0.15) is 5.75 Å². The Labute approximate surface area is 149 Å². The van der Waals surface area contributed by atoms with Crippen LogP contribution < -0.4 is 15.0 Å². The molecule has 1 aromatic carbocycles. The fourth-order valence-corrected chi connectivity index (χ4v) is 3.10. The van der Waals surface area contributed by atoms with Crippen molar-refractivity contribution in [2.24, 2.45) is 5.92 Å². The second kappa shape index (κ2) is 8.51. The smallest absolute Gasteiger partial charge is 0.260 e. The molecule has 1 fully saturated rings. The van der Waals surface area contributed by atoms with Gasteiger partial charge < -0.3 is 15.0 Å². The molecule has 25 heavy (non-hydrogen) atoms. The van der Waals surface area contributed by atoms with Gasteiger partial charge in [0, 0.05) is 37.7 Å². The van der Waals surface area contributed by atoms with E-state index in [9.17, 15) is 4.79 Å². The van der Waals surface area contributed by atoms with Crippen molar-refractivity contribution >= 4 is 11.6 Å². The van der Waals surface area contributed by atoms with Crippen LogP contribution in [-0.4, -0.2) is 36.6 Å². The lowest BCUT2D eigenvalue weighted by molar-refractivity contribution is -0.127. The summed E-state index contributed by atoms with van der Waals surface area (Å²) >= 11 is 0. The molecule has 0 aliphatic carbocycles. The number of para-hydroxylation sites is 1. The molecule has 1 aromatic heterocycles. The van der Waals surface area contributed by atoms with Crippen LogP contribution in [0, 0.1) is 5.92 Å². The van der Waals surface area contributed by atoms with Crippen molar-refractivity contribution in [3.05, 3.63) is 54.9 Å². The minimum atomic E-state index is -0.487. The average molecular weight is 339 g/mol. The number of carbonyl (C=O) groups is 1. The summed E-state index contributed by atoms with van der Waals surface area (Å²) in [6.45, 7) is 4.53. The molecule has 2 heterocycles. The van der Waals surface area contributed by atoms with Crippen molar-refractivity contribution in [1.29, 1.82) is 0 Å². The molecule has 1 atom stereocenters.